The van der Waals surface area contributed by atoms with Gasteiger partial charge in [-0.3, -0.25) is 4.79 Å². The quantitative estimate of drug-likeness (QED) is 0.597. The summed E-state index contributed by atoms with van der Waals surface area (Å²) in [4.78, 5) is 22.0. The van der Waals surface area contributed by atoms with Gasteiger partial charge in [-0.2, -0.15) is 0 Å². The zero-order chi connectivity index (χ0) is 16.0. The third-order valence-corrected chi connectivity index (χ3v) is 5.43. The van der Waals surface area contributed by atoms with Gasteiger partial charge in [-0.05, 0) is 35.7 Å². The summed E-state index contributed by atoms with van der Waals surface area (Å²) in [5, 5.41) is 3.14. The summed E-state index contributed by atoms with van der Waals surface area (Å²) in [7, 11) is 0. The van der Waals surface area contributed by atoms with Crippen molar-refractivity contribution in [3.8, 4) is 0 Å². The predicted molar refractivity (Wildman–Crippen MR) is 96.5 cm³/mol. The molecule has 0 spiro atoms. The molecule has 0 radical (unpaired) electrons. The van der Waals surface area contributed by atoms with Gasteiger partial charge < -0.3 is 4.98 Å². The zero-order valence-corrected chi connectivity index (χ0v) is 13.8. The van der Waals surface area contributed by atoms with Crippen molar-refractivity contribution in [1.82, 2.24) is 9.97 Å². The van der Waals surface area contributed by atoms with E-state index >= 15 is 0 Å². The number of H-pyrrole nitrogens is 1. The number of hydrogen-bond donors (Lipinski definition) is 1. The number of thiophene rings is 1. The highest BCUT2D eigenvalue weighted by Gasteiger charge is 2.12. The molecule has 0 saturated carbocycles. The fourth-order valence-corrected chi connectivity index (χ4v) is 4.06. The monoisotopic (exact) mass is 320 g/mol. The SMILES string of the molecule is Cc1sc2nc(Cc3cccc4ccccc34)[nH]c(=O)c2c1C. The van der Waals surface area contributed by atoms with Crippen LogP contribution in [-0.4, -0.2) is 9.97 Å². The third-order valence-electron chi connectivity index (χ3n) is 4.33. The Balaban J connectivity index is 1.85. The first-order valence-electron chi connectivity index (χ1n) is 7.59. The Morgan fingerprint density at radius 1 is 1.09 bits per heavy atom. The predicted octanol–water partition coefficient (Wildman–Crippen LogP) is 4.35. The van der Waals surface area contributed by atoms with Crippen molar-refractivity contribution < 1.29 is 0 Å². The molecule has 0 bridgehead atoms. The molecule has 2 heterocycles. The molecular weight excluding hydrogens is 304 g/mol. The lowest BCUT2D eigenvalue weighted by atomic mass is 10.0. The number of hydrogen-bond acceptors (Lipinski definition) is 3. The Kier molecular flexibility index (Phi) is 3.27. The number of aryl methyl sites for hydroxylation is 2. The van der Waals surface area contributed by atoms with Crippen LogP contribution in [-0.2, 0) is 6.42 Å². The molecule has 3 nitrogen and oxygen atoms in total. The lowest BCUT2D eigenvalue weighted by Gasteiger charge is -2.06. The van der Waals surface area contributed by atoms with E-state index in [1.807, 2.05) is 32.0 Å². The van der Waals surface area contributed by atoms with Crippen LogP contribution in [0.3, 0.4) is 0 Å². The molecule has 4 rings (SSSR count). The summed E-state index contributed by atoms with van der Waals surface area (Å²) in [6.07, 6.45) is 0.628. The van der Waals surface area contributed by atoms with Crippen molar-refractivity contribution in [3.05, 3.63) is 74.6 Å². The number of benzene rings is 2. The van der Waals surface area contributed by atoms with Crippen molar-refractivity contribution in [2.24, 2.45) is 0 Å². The number of nitrogens with one attached hydrogen (secondary N) is 1. The van der Waals surface area contributed by atoms with Gasteiger partial charge in [0, 0.05) is 11.3 Å². The first-order valence-corrected chi connectivity index (χ1v) is 8.40. The Bertz CT molecular complexity index is 1090. The number of aromatic nitrogens is 2. The highest BCUT2D eigenvalue weighted by Crippen LogP contribution is 2.26. The molecule has 114 valence electrons. The van der Waals surface area contributed by atoms with E-state index in [1.165, 1.54) is 16.3 Å². The van der Waals surface area contributed by atoms with E-state index in [9.17, 15) is 4.79 Å². The van der Waals surface area contributed by atoms with Crippen LogP contribution >= 0.6 is 11.3 Å². The minimum absolute atomic E-state index is 0.0351. The standard InChI is InChI=1S/C19H16N2OS/c1-11-12(2)23-19-17(11)18(22)20-16(21-19)10-14-8-5-7-13-6-3-4-9-15(13)14/h3-9H,10H2,1-2H3,(H,20,21,22). The van der Waals surface area contributed by atoms with E-state index in [0.29, 0.717) is 6.42 Å². The van der Waals surface area contributed by atoms with Crippen LogP contribution in [0, 0.1) is 13.8 Å². The smallest absolute Gasteiger partial charge is 0.259 e. The fourth-order valence-electron chi connectivity index (χ4n) is 3.01. The van der Waals surface area contributed by atoms with Crippen molar-refractivity contribution in [2.45, 2.75) is 20.3 Å². The maximum atomic E-state index is 12.4. The van der Waals surface area contributed by atoms with E-state index in [4.69, 9.17) is 0 Å². The first kappa shape index (κ1) is 14.2. The number of fused-ring (bicyclic) bond motifs is 2. The molecule has 1 N–H and O–H groups in total. The minimum Gasteiger partial charge on any atom is -0.310 e. The van der Waals surface area contributed by atoms with Gasteiger partial charge in [-0.15, -0.1) is 11.3 Å². The van der Waals surface area contributed by atoms with Gasteiger partial charge in [0.15, 0.2) is 0 Å². The van der Waals surface area contributed by atoms with Crippen molar-refractivity contribution in [1.29, 1.82) is 0 Å². The second kappa shape index (κ2) is 5.32. The van der Waals surface area contributed by atoms with Crippen LogP contribution < -0.4 is 5.56 Å². The lowest BCUT2D eigenvalue weighted by Crippen LogP contribution is -2.12. The summed E-state index contributed by atoms with van der Waals surface area (Å²) in [5.74, 6) is 0.722. The summed E-state index contributed by atoms with van der Waals surface area (Å²) in [6.45, 7) is 4.01. The molecule has 4 aromatic rings. The third kappa shape index (κ3) is 2.35. The summed E-state index contributed by atoms with van der Waals surface area (Å²) in [5.41, 5.74) is 2.18. The maximum absolute atomic E-state index is 12.4. The molecule has 2 aromatic carbocycles. The van der Waals surface area contributed by atoms with E-state index in [0.717, 1.165) is 26.5 Å². The zero-order valence-electron chi connectivity index (χ0n) is 13.0. The number of aromatic amines is 1. The number of nitrogens with zero attached hydrogens (tertiary/aromatic N) is 1. The molecule has 0 aliphatic rings. The highest BCUT2D eigenvalue weighted by molar-refractivity contribution is 7.18. The van der Waals surface area contributed by atoms with E-state index in [-0.39, 0.29) is 5.56 Å². The van der Waals surface area contributed by atoms with E-state index < -0.39 is 0 Å². The Hall–Kier alpha value is -2.46. The van der Waals surface area contributed by atoms with Crippen LogP contribution in [0.15, 0.2) is 47.3 Å². The molecule has 2 aromatic heterocycles. The summed E-state index contributed by atoms with van der Waals surface area (Å²) >= 11 is 1.59. The van der Waals surface area contributed by atoms with Gasteiger partial charge in [-0.25, -0.2) is 4.98 Å². The molecule has 0 amide bonds. The lowest BCUT2D eigenvalue weighted by molar-refractivity contribution is 0.982. The van der Waals surface area contributed by atoms with E-state index in [1.54, 1.807) is 11.3 Å². The molecule has 0 aliphatic heterocycles. The van der Waals surface area contributed by atoms with Crippen molar-refractivity contribution in [2.75, 3.05) is 0 Å². The molecule has 23 heavy (non-hydrogen) atoms. The Morgan fingerprint density at radius 2 is 1.87 bits per heavy atom. The average molecular weight is 320 g/mol. The number of rotatable bonds is 2. The van der Waals surface area contributed by atoms with Gasteiger partial charge in [0.1, 0.15) is 10.7 Å². The average Bonchev–Trinajstić information content (AvgIpc) is 2.83. The molecule has 0 aliphatic carbocycles. The molecule has 0 unspecified atom stereocenters. The highest BCUT2D eigenvalue weighted by atomic mass is 32.1. The molecule has 4 heteroatoms. The molecular formula is C19H16N2OS. The largest absolute Gasteiger partial charge is 0.310 e. The van der Waals surface area contributed by atoms with Crippen molar-refractivity contribution >= 4 is 32.3 Å². The molecule has 0 fully saturated rings. The second-order valence-corrected chi connectivity index (χ2v) is 6.99. The summed E-state index contributed by atoms with van der Waals surface area (Å²) < 4.78 is 0. The molecule has 0 saturated heterocycles. The van der Waals surface area contributed by atoms with Crippen LogP contribution in [0.25, 0.3) is 21.0 Å². The van der Waals surface area contributed by atoms with E-state index in [2.05, 4.69) is 34.2 Å². The Labute approximate surface area is 137 Å². The van der Waals surface area contributed by atoms with Crippen LogP contribution in [0.2, 0.25) is 0 Å². The van der Waals surface area contributed by atoms with Crippen LogP contribution in [0.1, 0.15) is 21.8 Å². The maximum Gasteiger partial charge on any atom is 0.259 e. The van der Waals surface area contributed by atoms with Gasteiger partial charge in [0.2, 0.25) is 0 Å². The topological polar surface area (TPSA) is 45.8 Å². The second-order valence-electron chi connectivity index (χ2n) is 5.79. The van der Waals surface area contributed by atoms with Gasteiger partial charge in [0.25, 0.3) is 5.56 Å². The first-order chi connectivity index (χ1) is 11.1. The van der Waals surface area contributed by atoms with Crippen LogP contribution in [0.4, 0.5) is 0 Å². The molecule has 0 atom stereocenters. The van der Waals surface area contributed by atoms with Gasteiger partial charge in [-0.1, -0.05) is 42.5 Å². The normalized spacial score (nSPS) is 11.4. The van der Waals surface area contributed by atoms with Gasteiger partial charge in [0.05, 0.1) is 5.39 Å². The minimum atomic E-state index is -0.0351. The fraction of sp³-hybridized carbons (Fsp3) is 0.158. The Morgan fingerprint density at radius 3 is 2.74 bits per heavy atom. The van der Waals surface area contributed by atoms with Crippen molar-refractivity contribution in [3.63, 3.8) is 0 Å². The van der Waals surface area contributed by atoms with Gasteiger partial charge >= 0.3 is 0 Å². The van der Waals surface area contributed by atoms with Crippen LogP contribution in [0.5, 0.6) is 0 Å². The summed E-state index contributed by atoms with van der Waals surface area (Å²) in [6, 6.07) is 14.5.